The fraction of sp³-hybridized carbons (Fsp3) is 0.533. The van der Waals surface area contributed by atoms with Gasteiger partial charge in [-0.25, -0.2) is 0 Å². The molecule has 2 rings (SSSR count). The van der Waals surface area contributed by atoms with Crippen LogP contribution in [0.3, 0.4) is 0 Å². The lowest BCUT2D eigenvalue weighted by molar-refractivity contribution is 0.292. The van der Waals surface area contributed by atoms with Crippen molar-refractivity contribution < 1.29 is 0 Å². The zero-order valence-corrected chi connectivity index (χ0v) is 13.8. The molecule has 0 saturated carbocycles. The van der Waals surface area contributed by atoms with Gasteiger partial charge in [-0.3, -0.25) is 4.68 Å². The van der Waals surface area contributed by atoms with Crippen LogP contribution in [-0.2, 0) is 13.6 Å². The van der Waals surface area contributed by atoms with Gasteiger partial charge < -0.3 is 10.2 Å². The molecule has 0 saturated heterocycles. The largest absolute Gasteiger partial charge is 0.311 e. The molecule has 0 aromatic carbocycles. The van der Waals surface area contributed by atoms with E-state index in [-0.39, 0.29) is 0 Å². The number of hydrogen-bond acceptors (Lipinski definition) is 4. The van der Waals surface area contributed by atoms with Crippen LogP contribution < -0.4 is 5.32 Å². The zero-order valence-electron chi connectivity index (χ0n) is 13.0. The van der Waals surface area contributed by atoms with Gasteiger partial charge in [-0.15, -0.1) is 11.3 Å². The average molecular weight is 292 g/mol. The fourth-order valence-electron chi connectivity index (χ4n) is 2.43. The highest BCUT2D eigenvalue weighted by atomic mass is 32.1. The lowest BCUT2D eigenvalue weighted by Gasteiger charge is -2.23. The zero-order chi connectivity index (χ0) is 14.7. The minimum absolute atomic E-state index is 0.423. The molecule has 1 unspecified atom stereocenters. The second kappa shape index (κ2) is 6.52. The monoisotopic (exact) mass is 292 g/mol. The molecule has 0 spiro atoms. The fourth-order valence-corrected chi connectivity index (χ4v) is 3.35. The maximum atomic E-state index is 4.46. The van der Waals surface area contributed by atoms with E-state index in [1.165, 1.54) is 16.1 Å². The normalized spacial score (nSPS) is 13.1. The third-order valence-corrected chi connectivity index (χ3v) is 4.77. The predicted octanol–water partition coefficient (Wildman–Crippen LogP) is 2.49. The van der Waals surface area contributed by atoms with Crippen molar-refractivity contribution >= 4 is 11.3 Å². The molecule has 0 aliphatic rings. The van der Waals surface area contributed by atoms with Gasteiger partial charge >= 0.3 is 0 Å². The van der Waals surface area contributed by atoms with Crippen LogP contribution in [0.15, 0.2) is 17.5 Å². The Labute approximate surface area is 125 Å². The quantitative estimate of drug-likeness (QED) is 0.888. The van der Waals surface area contributed by atoms with Crippen LogP contribution in [0.1, 0.15) is 27.9 Å². The maximum Gasteiger partial charge on any atom is 0.0641 e. The maximum absolute atomic E-state index is 4.46. The van der Waals surface area contributed by atoms with E-state index < -0.39 is 0 Å². The van der Waals surface area contributed by atoms with Gasteiger partial charge in [0.05, 0.1) is 11.7 Å². The average Bonchev–Trinajstić information content (AvgIpc) is 2.97. The highest BCUT2D eigenvalue weighted by Crippen LogP contribution is 2.22. The van der Waals surface area contributed by atoms with Gasteiger partial charge in [-0.2, -0.15) is 5.10 Å². The van der Waals surface area contributed by atoms with E-state index in [0.717, 1.165) is 18.8 Å². The van der Waals surface area contributed by atoms with Crippen LogP contribution in [0.4, 0.5) is 0 Å². The van der Waals surface area contributed by atoms with Crippen molar-refractivity contribution in [3.05, 3.63) is 39.3 Å². The summed E-state index contributed by atoms with van der Waals surface area (Å²) in [6.07, 6.45) is 0. The van der Waals surface area contributed by atoms with Gasteiger partial charge in [-0.05, 0) is 39.4 Å². The van der Waals surface area contributed by atoms with E-state index in [1.807, 2.05) is 23.1 Å². The molecule has 5 heteroatoms. The van der Waals surface area contributed by atoms with Crippen molar-refractivity contribution in [3.63, 3.8) is 0 Å². The Morgan fingerprint density at radius 3 is 2.65 bits per heavy atom. The summed E-state index contributed by atoms with van der Waals surface area (Å²) in [5.41, 5.74) is 3.68. The van der Waals surface area contributed by atoms with Gasteiger partial charge in [0.2, 0.25) is 0 Å². The van der Waals surface area contributed by atoms with Gasteiger partial charge in [0.15, 0.2) is 0 Å². The molecular weight excluding hydrogens is 268 g/mol. The Bertz CT molecular complexity index is 542. The molecule has 2 heterocycles. The molecule has 0 bridgehead atoms. The molecule has 4 nitrogen and oxygen atoms in total. The summed E-state index contributed by atoms with van der Waals surface area (Å²) >= 11 is 1.82. The predicted molar refractivity (Wildman–Crippen MR) is 85.1 cm³/mol. The van der Waals surface area contributed by atoms with E-state index in [2.05, 4.69) is 60.8 Å². The van der Waals surface area contributed by atoms with Crippen LogP contribution in [0.2, 0.25) is 0 Å². The van der Waals surface area contributed by atoms with Crippen molar-refractivity contribution in [2.75, 3.05) is 20.6 Å². The Hall–Kier alpha value is -1.17. The molecule has 0 aliphatic carbocycles. The number of nitrogens with zero attached hydrogens (tertiary/aromatic N) is 3. The standard InChI is InChI=1S/C15H24N4S/c1-11-13(12(2)19(5)17-11)9-16-10-14(18(3)4)15-7-6-8-20-15/h6-8,14,16H,9-10H2,1-5H3. The number of aromatic nitrogens is 2. The van der Waals surface area contributed by atoms with E-state index in [0.29, 0.717) is 6.04 Å². The number of likely N-dealkylation sites (N-methyl/N-ethyl adjacent to an activating group) is 1. The van der Waals surface area contributed by atoms with Crippen LogP contribution in [0.25, 0.3) is 0 Å². The first-order valence-electron chi connectivity index (χ1n) is 6.90. The first-order chi connectivity index (χ1) is 9.50. The lowest BCUT2D eigenvalue weighted by Crippen LogP contribution is -2.30. The molecule has 0 aliphatic heterocycles. The Kier molecular flexibility index (Phi) is 4.96. The van der Waals surface area contributed by atoms with Crippen molar-refractivity contribution in [3.8, 4) is 0 Å². The highest BCUT2D eigenvalue weighted by Gasteiger charge is 2.15. The van der Waals surface area contributed by atoms with Crippen LogP contribution in [0.5, 0.6) is 0 Å². The smallest absolute Gasteiger partial charge is 0.0641 e. The number of aryl methyl sites for hydroxylation is 2. The first kappa shape index (κ1) is 15.2. The summed E-state index contributed by atoms with van der Waals surface area (Å²) in [6, 6.07) is 4.75. The van der Waals surface area contributed by atoms with Crippen molar-refractivity contribution in [2.45, 2.75) is 26.4 Å². The second-order valence-corrected chi connectivity index (χ2v) is 6.38. The van der Waals surface area contributed by atoms with E-state index in [9.17, 15) is 0 Å². The summed E-state index contributed by atoms with van der Waals surface area (Å²) in [4.78, 5) is 3.67. The minimum atomic E-state index is 0.423. The lowest BCUT2D eigenvalue weighted by atomic mass is 10.2. The minimum Gasteiger partial charge on any atom is -0.311 e. The number of hydrogen-bond donors (Lipinski definition) is 1. The van der Waals surface area contributed by atoms with Gasteiger partial charge in [0.25, 0.3) is 0 Å². The topological polar surface area (TPSA) is 33.1 Å². The van der Waals surface area contributed by atoms with Crippen molar-refractivity contribution in [1.29, 1.82) is 0 Å². The van der Waals surface area contributed by atoms with Gasteiger partial charge in [-0.1, -0.05) is 6.07 Å². The molecule has 20 heavy (non-hydrogen) atoms. The number of rotatable bonds is 6. The molecule has 0 radical (unpaired) electrons. The van der Waals surface area contributed by atoms with Crippen molar-refractivity contribution in [2.24, 2.45) is 7.05 Å². The summed E-state index contributed by atoms with van der Waals surface area (Å²) in [6.45, 7) is 6.02. The van der Waals surface area contributed by atoms with E-state index >= 15 is 0 Å². The van der Waals surface area contributed by atoms with Crippen LogP contribution in [0, 0.1) is 13.8 Å². The molecule has 2 aromatic rings. The van der Waals surface area contributed by atoms with Crippen LogP contribution >= 0.6 is 11.3 Å². The SMILES string of the molecule is Cc1nn(C)c(C)c1CNCC(c1cccs1)N(C)C. The summed E-state index contributed by atoms with van der Waals surface area (Å²) in [7, 11) is 6.26. The third-order valence-electron chi connectivity index (χ3n) is 3.79. The Balaban J connectivity index is 1.97. The van der Waals surface area contributed by atoms with E-state index in [1.54, 1.807) is 0 Å². The van der Waals surface area contributed by atoms with Gasteiger partial charge in [0.1, 0.15) is 0 Å². The Morgan fingerprint density at radius 1 is 1.40 bits per heavy atom. The second-order valence-electron chi connectivity index (χ2n) is 5.40. The van der Waals surface area contributed by atoms with E-state index in [4.69, 9.17) is 0 Å². The molecule has 1 N–H and O–H groups in total. The molecule has 0 fully saturated rings. The number of nitrogens with one attached hydrogen (secondary N) is 1. The third kappa shape index (κ3) is 3.29. The summed E-state index contributed by atoms with van der Waals surface area (Å²) in [5.74, 6) is 0. The molecule has 1 atom stereocenters. The first-order valence-corrected chi connectivity index (χ1v) is 7.78. The number of thiophene rings is 1. The summed E-state index contributed by atoms with van der Waals surface area (Å²) < 4.78 is 1.95. The van der Waals surface area contributed by atoms with Gasteiger partial charge in [0, 0.05) is 36.3 Å². The van der Waals surface area contributed by atoms with Crippen LogP contribution in [-0.4, -0.2) is 35.3 Å². The molecular formula is C15H24N4S. The molecule has 0 amide bonds. The highest BCUT2D eigenvalue weighted by molar-refractivity contribution is 7.10. The Morgan fingerprint density at radius 2 is 2.15 bits per heavy atom. The molecule has 2 aromatic heterocycles. The molecule has 110 valence electrons. The van der Waals surface area contributed by atoms with Crippen molar-refractivity contribution in [1.82, 2.24) is 20.0 Å². The summed E-state index contributed by atoms with van der Waals surface area (Å²) in [5, 5.41) is 10.2.